The Morgan fingerprint density at radius 2 is 2.18 bits per heavy atom. The highest BCUT2D eigenvalue weighted by atomic mass is 16.2. The first kappa shape index (κ1) is 8.57. The predicted octanol–water partition coefficient (Wildman–Crippen LogP) is 1.56. The molecule has 1 aliphatic heterocycles. The van der Waals surface area contributed by atoms with Crippen LogP contribution in [0.2, 0.25) is 0 Å². The smallest absolute Gasteiger partial charge is 0.223 e. The second-order valence-electron chi connectivity index (χ2n) is 3.64. The fraction of sp³-hybridized carbons (Fsp3) is 0.889. The Balaban J connectivity index is 2.59. The van der Waals surface area contributed by atoms with Gasteiger partial charge in [0.15, 0.2) is 0 Å². The number of piperidine rings is 1. The molecule has 11 heavy (non-hydrogen) atoms. The fourth-order valence-electron chi connectivity index (χ4n) is 1.98. The van der Waals surface area contributed by atoms with Gasteiger partial charge in [-0.2, -0.15) is 0 Å². The van der Waals surface area contributed by atoms with E-state index in [2.05, 4.69) is 26.1 Å². The maximum absolute atomic E-state index is 11.3. The molecule has 1 rings (SSSR count). The number of amides is 1. The Hall–Kier alpha value is -0.530. The molecule has 1 amide bonds. The van der Waals surface area contributed by atoms with E-state index in [9.17, 15) is 4.79 Å². The molecule has 0 aromatic rings. The molecule has 0 aliphatic carbocycles. The summed E-state index contributed by atoms with van der Waals surface area (Å²) in [5.41, 5.74) is 0. The molecule has 0 spiro atoms. The number of carbonyl (C=O) groups excluding carboxylic acids is 1. The zero-order chi connectivity index (χ0) is 8.43. The largest absolute Gasteiger partial charge is 0.353 e. The SMILES string of the molecule is CCC1C(=O)NC(C)CC1C. The Bertz CT molecular complexity index is 156. The topological polar surface area (TPSA) is 29.1 Å². The lowest BCUT2D eigenvalue weighted by atomic mass is 9.83. The highest BCUT2D eigenvalue weighted by Gasteiger charge is 2.30. The lowest BCUT2D eigenvalue weighted by Crippen LogP contribution is -2.46. The van der Waals surface area contributed by atoms with Gasteiger partial charge in [0.05, 0.1) is 0 Å². The van der Waals surface area contributed by atoms with Crippen molar-refractivity contribution in [1.29, 1.82) is 0 Å². The van der Waals surface area contributed by atoms with E-state index in [1.807, 2.05) is 0 Å². The third-order valence-corrected chi connectivity index (χ3v) is 2.58. The maximum Gasteiger partial charge on any atom is 0.223 e. The minimum atomic E-state index is 0.249. The van der Waals surface area contributed by atoms with Crippen molar-refractivity contribution in [3.8, 4) is 0 Å². The van der Waals surface area contributed by atoms with Crippen molar-refractivity contribution >= 4 is 5.91 Å². The monoisotopic (exact) mass is 155 g/mol. The fourth-order valence-corrected chi connectivity index (χ4v) is 1.98. The van der Waals surface area contributed by atoms with Gasteiger partial charge < -0.3 is 5.32 Å². The third-order valence-electron chi connectivity index (χ3n) is 2.58. The molecule has 1 fully saturated rings. The number of nitrogens with one attached hydrogen (secondary N) is 1. The molecule has 0 saturated carbocycles. The molecule has 64 valence electrons. The van der Waals surface area contributed by atoms with Crippen molar-refractivity contribution in [2.75, 3.05) is 0 Å². The van der Waals surface area contributed by atoms with E-state index in [-0.39, 0.29) is 11.8 Å². The maximum atomic E-state index is 11.3. The Morgan fingerprint density at radius 1 is 1.55 bits per heavy atom. The van der Waals surface area contributed by atoms with Crippen molar-refractivity contribution in [2.24, 2.45) is 11.8 Å². The molecule has 3 atom stereocenters. The van der Waals surface area contributed by atoms with Gasteiger partial charge in [-0.1, -0.05) is 13.8 Å². The van der Waals surface area contributed by atoms with E-state index in [0.29, 0.717) is 12.0 Å². The lowest BCUT2D eigenvalue weighted by molar-refractivity contribution is -0.129. The van der Waals surface area contributed by atoms with Gasteiger partial charge in [0, 0.05) is 12.0 Å². The Labute approximate surface area is 68.4 Å². The molecule has 0 bridgehead atoms. The predicted molar refractivity (Wildman–Crippen MR) is 45.2 cm³/mol. The van der Waals surface area contributed by atoms with E-state index < -0.39 is 0 Å². The van der Waals surface area contributed by atoms with Crippen molar-refractivity contribution in [1.82, 2.24) is 5.32 Å². The van der Waals surface area contributed by atoms with Crippen LogP contribution in [0.4, 0.5) is 0 Å². The van der Waals surface area contributed by atoms with Crippen LogP contribution in [0.15, 0.2) is 0 Å². The first-order valence-electron chi connectivity index (χ1n) is 4.45. The van der Waals surface area contributed by atoms with Crippen LogP contribution < -0.4 is 5.32 Å². The lowest BCUT2D eigenvalue weighted by Gasteiger charge is -2.31. The van der Waals surface area contributed by atoms with Crippen molar-refractivity contribution < 1.29 is 4.79 Å². The molecule has 0 aromatic heterocycles. The highest BCUT2D eigenvalue weighted by molar-refractivity contribution is 5.79. The van der Waals surface area contributed by atoms with Gasteiger partial charge >= 0.3 is 0 Å². The van der Waals surface area contributed by atoms with E-state index in [1.165, 1.54) is 0 Å². The molecule has 2 nitrogen and oxygen atoms in total. The summed E-state index contributed by atoms with van der Waals surface area (Å²) >= 11 is 0. The summed E-state index contributed by atoms with van der Waals surface area (Å²) in [5, 5.41) is 2.97. The molecule has 1 N–H and O–H groups in total. The van der Waals surface area contributed by atoms with E-state index in [0.717, 1.165) is 12.8 Å². The average molecular weight is 155 g/mol. The summed E-state index contributed by atoms with van der Waals surface area (Å²) < 4.78 is 0. The van der Waals surface area contributed by atoms with Gasteiger partial charge in [-0.25, -0.2) is 0 Å². The molecule has 1 saturated heterocycles. The zero-order valence-corrected chi connectivity index (χ0v) is 7.55. The van der Waals surface area contributed by atoms with Crippen LogP contribution in [0.1, 0.15) is 33.6 Å². The summed E-state index contributed by atoms with van der Waals surface area (Å²) in [6.07, 6.45) is 2.10. The minimum absolute atomic E-state index is 0.249. The first-order valence-corrected chi connectivity index (χ1v) is 4.45. The van der Waals surface area contributed by atoms with Gasteiger partial charge in [-0.05, 0) is 25.7 Å². The van der Waals surface area contributed by atoms with E-state index >= 15 is 0 Å². The molecular formula is C9H17NO. The molecule has 0 radical (unpaired) electrons. The molecule has 1 aliphatic rings. The van der Waals surface area contributed by atoms with E-state index in [4.69, 9.17) is 0 Å². The molecule has 3 unspecified atom stereocenters. The van der Waals surface area contributed by atoms with Gasteiger partial charge in [-0.3, -0.25) is 4.79 Å². The molecule has 2 heteroatoms. The summed E-state index contributed by atoms with van der Waals surface area (Å²) in [4.78, 5) is 11.3. The second-order valence-corrected chi connectivity index (χ2v) is 3.64. The Morgan fingerprint density at radius 3 is 2.64 bits per heavy atom. The zero-order valence-electron chi connectivity index (χ0n) is 7.55. The van der Waals surface area contributed by atoms with Crippen LogP contribution in [0.25, 0.3) is 0 Å². The van der Waals surface area contributed by atoms with Crippen LogP contribution in [-0.2, 0) is 4.79 Å². The van der Waals surface area contributed by atoms with Crippen LogP contribution in [-0.4, -0.2) is 11.9 Å². The van der Waals surface area contributed by atoms with Crippen LogP contribution >= 0.6 is 0 Å². The number of hydrogen-bond donors (Lipinski definition) is 1. The first-order chi connectivity index (χ1) is 5.15. The molecule has 0 aromatic carbocycles. The van der Waals surface area contributed by atoms with Gasteiger partial charge in [0.1, 0.15) is 0 Å². The standard InChI is InChI=1S/C9H17NO/c1-4-8-6(2)5-7(3)10-9(8)11/h6-8H,4-5H2,1-3H3,(H,10,11). The second kappa shape index (κ2) is 3.24. The summed E-state index contributed by atoms with van der Waals surface area (Å²) in [5.74, 6) is 1.06. The van der Waals surface area contributed by atoms with Crippen LogP contribution in [0, 0.1) is 11.8 Å². The average Bonchev–Trinajstić information content (AvgIpc) is 1.85. The normalized spacial score (nSPS) is 38.5. The Kier molecular flexibility index (Phi) is 2.53. The minimum Gasteiger partial charge on any atom is -0.353 e. The van der Waals surface area contributed by atoms with Crippen LogP contribution in [0.3, 0.4) is 0 Å². The molecular weight excluding hydrogens is 138 g/mol. The van der Waals surface area contributed by atoms with Gasteiger partial charge in [0.25, 0.3) is 0 Å². The number of hydrogen-bond acceptors (Lipinski definition) is 1. The quantitative estimate of drug-likeness (QED) is 0.611. The van der Waals surface area contributed by atoms with Gasteiger partial charge in [0.2, 0.25) is 5.91 Å². The summed E-state index contributed by atoms with van der Waals surface area (Å²) in [6, 6.07) is 0.375. The van der Waals surface area contributed by atoms with Crippen LogP contribution in [0.5, 0.6) is 0 Å². The van der Waals surface area contributed by atoms with E-state index in [1.54, 1.807) is 0 Å². The number of carbonyl (C=O) groups is 1. The summed E-state index contributed by atoms with van der Waals surface area (Å²) in [7, 11) is 0. The number of rotatable bonds is 1. The van der Waals surface area contributed by atoms with Crippen molar-refractivity contribution in [3.05, 3.63) is 0 Å². The van der Waals surface area contributed by atoms with Gasteiger partial charge in [-0.15, -0.1) is 0 Å². The molecule has 1 heterocycles. The van der Waals surface area contributed by atoms with Crippen molar-refractivity contribution in [2.45, 2.75) is 39.7 Å². The highest BCUT2D eigenvalue weighted by Crippen LogP contribution is 2.24. The summed E-state index contributed by atoms with van der Waals surface area (Å²) in [6.45, 7) is 6.32. The third kappa shape index (κ3) is 1.73. The van der Waals surface area contributed by atoms with Crippen molar-refractivity contribution in [3.63, 3.8) is 0 Å².